The van der Waals surface area contributed by atoms with Crippen molar-refractivity contribution in [1.82, 2.24) is 24.7 Å². The van der Waals surface area contributed by atoms with Gasteiger partial charge in [0.25, 0.3) is 0 Å². The SMILES string of the molecule is C[C@@]1(c2cc(CC(=O)c3cnc(-n4cncn4)cn3)ccc2F)C=CSC(N)=N1. The summed E-state index contributed by atoms with van der Waals surface area (Å²) < 4.78 is 15.9. The van der Waals surface area contributed by atoms with Crippen molar-refractivity contribution in [1.29, 1.82) is 0 Å². The Balaban J connectivity index is 1.56. The van der Waals surface area contributed by atoms with Crippen molar-refractivity contribution in [2.45, 2.75) is 18.9 Å². The van der Waals surface area contributed by atoms with E-state index in [9.17, 15) is 9.18 Å². The maximum absolute atomic E-state index is 14.5. The fraction of sp³-hybridized carbons (Fsp3) is 0.158. The first-order valence-corrected chi connectivity index (χ1v) is 9.51. The first-order valence-electron chi connectivity index (χ1n) is 8.63. The fourth-order valence-corrected chi connectivity index (χ4v) is 3.65. The van der Waals surface area contributed by atoms with E-state index in [0.717, 1.165) is 0 Å². The van der Waals surface area contributed by atoms with Gasteiger partial charge < -0.3 is 5.73 Å². The van der Waals surface area contributed by atoms with Crippen molar-refractivity contribution in [3.05, 3.63) is 77.4 Å². The molecule has 1 atom stereocenters. The van der Waals surface area contributed by atoms with E-state index in [1.54, 1.807) is 30.5 Å². The average Bonchev–Trinajstić information content (AvgIpc) is 3.24. The number of hydrogen-bond donors (Lipinski definition) is 1. The topological polar surface area (TPSA) is 112 Å². The number of thioether (sulfide) groups is 1. The number of amidine groups is 1. The van der Waals surface area contributed by atoms with Crippen molar-refractivity contribution in [2.75, 3.05) is 0 Å². The number of nitrogens with two attached hydrogens (primary N) is 1. The average molecular weight is 409 g/mol. The number of nitrogens with zero attached hydrogens (tertiary/aromatic N) is 6. The number of Topliss-reactive ketones (excluding diaryl/α,β-unsaturated/α-hetero) is 1. The summed E-state index contributed by atoms with van der Waals surface area (Å²) in [5.74, 6) is -0.190. The summed E-state index contributed by atoms with van der Waals surface area (Å²) in [6, 6.07) is 4.55. The molecule has 2 N–H and O–H groups in total. The Morgan fingerprint density at radius 1 is 1.31 bits per heavy atom. The van der Waals surface area contributed by atoms with Crippen molar-refractivity contribution < 1.29 is 9.18 Å². The molecule has 0 aliphatic carbocycles. The molecule has 0 fully saturated rings. The number of aliphatic imine (C=N–C) groups is 1. The summed E-state index contributed by atoms with van der Waals surface area (Å²) in [5, 5.41) is 6.10. The van der Waals surface area contributed by atoms with Gasteiger partial charge in [0.05, 0.1) is 12.4 Å². The standard InChI is InChI=1S/C19H16FN7OS/c1-19(4-5-29-18(21)26-19)13-6-12(2-3-14(13)20)7-16(28)15-8-24-17(9-23-15)27-11-22-10-25-27/h2-6,8-11H,7H2,1H3,(H2,21,26)/t19-/m0/s1. The van der Waals surface area contributed by atoms with Crippen LogP contribution in [-0.4, -0.2) is 35.7 Å². The lowest BCUT2D eigenvalue weighted by Crippen LogP contribution is -2.25. The molecule has 0 saturated heterocycles. The normalized spacial score (nSPS) is 18.5. The molecule has 8 nitrogen and oxygen atoms in total. The third-order valence-corrected chi connectivity index (χ3v) is 5.05. The van der Waals surface area contributed by atoms with Crippen molar-refractivity contribution in [2.24, 2.45) is 10.7 Å². The molecule has 0 saturated carbocycles. The van der Waals surface area contributed by atoms with E-state index in [2.05, 4.69) is 25.0 Å². The Bertz CT molecular complexity index is 1110. The van der Waals surface area contributed by atoms with Crippen LogP contribution < -0.4 is 5.73 Å². The smallest absolute Gasteiger partial charge is 0.187 e. The number of benzene rings is 1. The van der Waals surface area contributed by atoms with E-state index < -0.39 is 11.4 Å². The zero-order valence-electron chi connectivity index (χ0n) is 15.4. The van der Waals surface area contributed by atoms with Crippen LogP contribution in [-0.2, 0) is 12.0 Å². The molecule has 1 aliphatic rings. The van der Waals surface area contributed by atoms with Crippen LogP contribution in [0, 0.1) is 5.82 Å². The summed E-state index contributed by atoms with van der Waals surface area (Å²) >= 11 is 1.28. The minimum atomic E-state index is -0.919. The van der Waals surface area contributed by atoms with Gasteiger partial charge in [-0.2, -0.15) is 5.10 Å². The highest BCUT2D eigenvalue weighted by atomic mass is 32.2. The number of rotatable bonds is 5. The number of halogens is 1. The van der Waals surface area contributed by atoms with Crippen molar-refractivity contribution in [3.63, 3.8) is 0 Å². The van der Waals surface area contributed by atoms with E-state index in [0.29, 0.717) is 22.1 Å². The fourth-order valence-electron chi connectivity index (χ4n) is 2.94. The van der Waals surface area contributed by atoms with Crippen LogP contribution in [0.5, 0.6) is 0 Å². The molecule has 10 heteroatoms. The Kier molecular flexibility index (Phi) is 4.93. The Morgan fingerprint density at radius 3 is 2.86 bits per heavy atom. The van der Waals surface area contributed by atoms with Gasteiger partial charge in [-0.3, -0.25) is 4.79 Å². The molecule has 3 aromatic rings. The quantitative estimate of drug-likeness (QED) is 0.644. The first-order chi connectivity index (χ1) is 13.9. The monoisotopic (exact) mass is 409 g/mol. The largest absolute Gasteiger partial charge is 0.378 e. The van der Waals surface area contributed by atoms with Crippen LogP contribution in [0.25, 0.3) is 5.82 Å². The van der Waals surface area contributed by atoms with Gasteiger partial charge >= 0.3 is 0 Å². The first kappa shape index (κ1) is 18.9. The van der Waals surface area contributed by atoms with Gasteiger partial charge in [0.1, 0.15) is 29.7 Å². The highest BCUT2D eigenvalue weighted by Gasteiger charge is 2.29. The van der Waals surface area contributed by atoms with Gasteiger partial charge in [0, 0.05) is 12.0 Å². The van der Waals surface area contributed by atoms with Crippen LogP contribution in [0.1, 0.15) is 28.5 Å². The maximum atomic E-state index is 14.5. The molecule has 0 unspecified atom stereocenters. The maximum Gasteiger partial charge on any atom is 0.187 e. The number of ketones is 1. The Morgan fingerprint density at radius 2 is 2.17 bits per heavy atom. The summed E-state index contributed by atoms with van der Waals surface area (Å²) in [6.07, 6.45) is 7.54. The molecule has 0 bridgehead atoms. The molecule has 1 aromatic carbocycles. The lowest BCUT2D eigenvalue weighted by molar-refractivity contribution is 0.0987. The molecule has 0 spiro atoms. The predicted octanol–water partition coefficient (Wildman–Crippen LogP) is 2.41. The van der Waals surface area contributed by atoms with Crippen LogP contribution in [0.4, 0.5) is 4.39 Å². The molecular weight excluding hydrogens is 393 g/mol. The van der Waals surface area contributed by atoms with Gasteiger partial charge in [0.2, 0.25) is 0 Å². The number of carbonyl (C=O) groups is 1. The van der Waals surface area contributed by atoms with Gasteiger partial charge in [-0.1, -0.05) is 17.8 Å². The zero-order chi connectivity index (χ0) is 20.4. The zero-order valence-corrected chi connectivity index (χ0v) is 16.2. The summed E-state index contributed by atoms with van der Waals surface area (Å²) in [6.45, 7) is 1.77. The Hall–Kier alpha value is -3.40. The summed E-state index contributed by atoms with van der Waals surface area (Å²) in [4.78, 5) is 29.2. The second-order valence-electron chi connectivity index (χ2n) is 6.53. The Labute approximate surface area is 169 Å². The lowest BCUT2D eigenvalue weighted by Gasteiger charge is -2.26. The van der Waals surface area contributed by atoms with E-state index in [1.807, 2.05) is 0 Å². The van der Waals surface area contributed by atoms with E-state index >= 15 is 0 Å². The number of carbonyl (C=O) groups excluding carboxylic acids is 1. The molecule has 4 rings (SSSR count). The van der Waals surface area contributed by atoms with E-state index in [-0.39, 0.29) is 17.9 Å². The highest BCUT2D eigenvalue weighted by Crippen LogP contribution is 2.34. The van der Waals surface area contributed by atoms with Gasteiger partial charge in [-0.05, 0) is 36.1 Å². The lowest BCUT2D eigenvalue weighted by atomic mass is 9.90. The number of aromatic nitrogens is 5. The predicted molar refractivity (Wildman–Crippen MR) is 107 cm³/mol. The van der Waals surface area contributed by atoms with Crippen LogP contribution in [0.3, 0.4) is 0 Å². The molecular formula is C19H16FN7OS. The summed E-state index contributed by atoms with van der Waals surface area (Å²) in [7, 11) is 0. The number of hydrogen-bond acceptors (Lipinski definition) is 8. The molecule has 3 heterocycles. The molecule has 29 heavy (non-hydrogen) atoms. The molecule has 0 radical (unpaired) electrons. The third kappa shape index (κ3) is 3.92. The van der Waals surface area contributed by atoms with E-state index in [4.69, 9.17) is 5.73 Å². The van der Waals surface area contributed by atoms with Gasteiger partial charge in [-0.25, -0.2) is 29.0 Å². The molecule has 2 aromatic heterocycles. The van der Waals surface area contributed by atoms with Crippen molar-refractivity contribution >= 4 is 22.7 Å². The minimum absolute atomic E-state index is 0.0539. The van der Waals surface area contributed by atoms with Crippen LogP contribution in [0.15, 0.2) is 59.7 Å². The molecule has 1 aliphatic heterocycles. The van der Waals surface area contributed by atoms with Crippen LogP contribution >= 0.6 is 11.8 Å². The van der Waals surface area contributed by atoms with E-state index in [1.165, 1.54) is 47.6 Å². The molecule has 0 amide bonds. The van der Waals surface area contributed by atoms with Crippen molar-refractivity contribution in [3.8, 4) is 5.82 Å². The van der Waals surface area contributed by atoms with Gasteiger partial charge in [-0.15, -0.1) is 0 Å². The third-order valence-electron chi connectivity index (χ3n) is 4.44. The van der Waals surface area contributed by atoms with Gasteiger partial charge in [0.15, 0.2) is 16.8 Å². The highest BCUT2D eigenvalue weighted by molar-refractivity contribution is 8.16. The second kappa shape index (κ2) is 7.55. The van der Waals surface area contributed by atoms with Crippen LogP contribution in [0.2, 0.25) is 0 Å². The summed E-state index contributed by atoms with van der Waals surface area (Å²) in [5.41, 5.74) is 6.10. The minimum Gasteiger partial charge on any atom is -0.378 e. The second-order valence-corrected chi connectivity index (χ2v) is 7.46. The molecule has 146 valence electrons.